The van der Waals surface area contributed by atoms with Crippen LogP contribution >= 0.6 is 0 Å². The Morgan fingerprint density at radius 2 is 1.96 bits per heavy atom. The van der Waals surface area contributed by atoms with Gasteiger partial charge in [0.2, 0.25) is 5.91 Å². The van der Waals surface area contributed by atoms with Crippen molar-refractivity contribution in [1.29, 1.82) is 0 Å². The highest BCUT2D eigenvalue weighted by Crippen LogP contribution is 2.21. The highest BCUT2D eigenvalue weighted by Gasteiger charge is 2.18. The molecule has 23 heavy (non-hydrogen) atoms. The predicted molar refractivity (Wildman–Crippen MR) is 89.8 cm³/mol. The van der Waals surface area contributed by atoms with E-state index in [4.69, 9.17) is 4.42 Å². The second-order valence-electron chi connectivity index (χ2n) is 5.56. The van der Waals surface area contributed by atoms with Crippen LogP contribution < -0.4 is 15.5 Å². The largest absolute Gasteiger partial charge is 0.459 e. The van der Waals surface area contributed by atoms with E-state index in [1.807, 2.05) is 44.1 Å². The summed E-state index contributed by atoms with van der Waals surface area (Å²) in [6, 6.07) is 8.25. The molecule has 0 radical (unpaired) electrons. The topological polar surface area (TPSA) is 74.6 Å². The summed E-state index contributed by atoms with van der Waals surface area (Å²) in [5, 5.41) is 5.42. The van der Waals surface area contributed by atoms with Crippen molar-refractivity contribution in [3.05, 3.63) is 47.9 Å². The van der Waals surface area contributed by atoms with E-state index in [0.717, 1.165) is 16.9 Å². The van der Waals surface area contributed by atoms with Crippen molar-refractivity contribution in [1.82, 2.24) is 5.32 Å². The zero-order valence-electron chi connectivity index (χ0n) is 13.7. The molecule has 2 amide bonds. The number of furan rings is 1. The second kappa shape index (κ2) is 7.00. The molecule has 2 rings (SSSR count). The molecule has 0 saturated heterocycles. The fourth-order valence-corrected chi connectivity index (χ4v) is 2.05. The maximum Gasteiger partial charge on any atom is 0.287 e. The van der Waals surface area contributed by atoms with Gasteiger partial charge in [0.25, 0.3) is 5.91 Å². The smallest absolute Gasteiger partial charge is 0.287 e. The number of anilines is 2. The van der Waals surface area contributed by atoms with Crippen molar-refractivity contribution in [2.45, 2.75) is 19.9 Å². The van der Waals surface area contributed by atoms with Crippen molar-refractivity contribution in [2.75, 3.05) is 24.3 Å². The third kappa shape index (κ3) is 4.12. The van der Waals surface area contributed by atoms with Crippen LogP contribution in [0.5, 0.6) is 0 Å². The van der Waals surface area contributed by atoms with Gasteiger partial charge in [0.05, 0.1) is 6.26 Å². The minimum Gasteiger partial charge on any atom is -0.459 e. The van der Waals surface area contributed by atoms with E-state index in [1.54, 1.807) is 19.1 Å². The zero-order chi connectivity index (χ0) is 17.0. The Hall–Kier alpha value is -2.76. The molecule has 0 aliphatic rings. The number of hydrogen-bond donors (Lipinski definition) is 2. The average molecular weight is 315 g/mol. The minimum absolute atomic E-state index is 0.177. The van der Waals surface area contributed by atoms with E-state index < -0.39 is 11.9 Å². The molecular weight excluding hydrogens is 294 g/mol. The Labute approximate surface area is 135 Å². The number of aryl methyl sites for hydroxylation is 1. The van der Waals surface area contributed by atoms with Crippen molar-refractivity contribution in [2.24, 2.45) is 0 Å². The van der Waals surface area contributed by atoms with Gasteiger partial charge < -0.3 is 20.0 Å². The molecule has 0 unspecified atom stereocenters. The molecule has 2 aromatic rings. The summed E-state index contributed by atoms with van der Waals surface area (Å²) in [5.74, 6) is -0.529. The van der Waals surface area contributed by atoms with Gasteiger partial charge in [-0.25, -0.2) is 0 Å². The Morgan fingerprint density at radius 1 is 1.22 bits per heavy atom. The third-order valence-corrected chi connectivity index (χ3v) is 3.47. The number of amides is 2. The van der Waals surface area contributed by atoms with E-state index in [1.165, 1.54) is 6.26 Å². The Kier molecular flexibility index (Phi) is 5.05. The van der Waals surface area contributed by atoms with Gasteiger partial charge in [0.1, 0.15) is 6.04 Å². The number of nitrogens with zero attached hydrogens (tertiary/aromatic N) is 1. The molecule has 122 valence electrons. The van der Waals surface area contributed by atoms with Crippen LogP contribution in [-0.2, 0) is 4.79 Å². The Bertz CT molecular complexity index is 693. The standard InChI is InChI=1S/C17H21N3O3/c1-11-10-13(20(3)4)7-8-14(11)19-16(21)12(2)18-17(22)15-6-5-9-23-15/h5-10,12H,1-4H3,(H,18,22)(H,19,21)/t12-/m0/s1. The molecule has 0 spiro atoms. The summed E-state index contributed by atoms with van der Waals surface area (Å²) >= 11 is 0. The van der Waals surface area contributed by atoms with E-state index in [-0.39, 0.29) is 11.7 Å². The number of nitrogens with one attached hydrogen (secondary N) is 2. The van der Waals surface area contributed by atoms with Crippen LogP contribution in [0.15, 0.2) is 41.0 Å². The van der Waals surface area contributed by atoms with Gasteiger partial charge in [-0.2, -0.15) is 0 Å². The first kappa shape index (κ1) is 16.6. The van der Waals surface area contributed by atoms with Gasteiger partial charge in [-0.05, 0) is 49.7 Å². The highest BCUT2D eigenvalue weighted by molar-refractivity contribution is 6.00. The molecule has 0 fully saturated rings. The number of carbonyl (C=O) groups is 2. The molecule has 1 heterocycles. The maximum atomic E-state index is 12.2. The molecule has 1 aromatic carbocycles. The molecule has 0 bridgehead atoms. The minimum atomic E-state index is -0.680. The van der Waals surface area contributed by atoms with Crippen LogP contribution in [0.3, 0.4) is 0 Å². The fraction of sp³-hybridized carbons (Fsp3) is 0.294. The summed E-state index contributed by atoms with van der Waals surface area (Å²) in [7, 11) is 3.92. The average Bonchev–Trinajstić information content (AvgIpc) is 3.03. The highest BCUT2D eigenvalue weighted by atomic mass is 16.3. The SMILES string of the molecule is Cc1cc(N(C)C)ccc1NC(=O)[C@H](C)NC(=O)c1ccco1. The van der Waals surface area contributed by atoms with Crippen LogP contribution in [0, 0.1) is 6.92 Å². The van der Waals surface area contributed by atoms with Crippen molar-refractivity contribution in [3.63, 3.8) is 0 Å². The lowest BCUT2D eigenvalue weighted by atomic mass is 10.1. The Balaban J connectivity index is 1.99. The summed E-state index contributed by atoms with van der Waals surface area (Å²) in [4.78, 5) is 26.1. The van der Waals surface area contributed by atoms with Gasteiger partial charge >= 0.3 is 0 Å². The van der Waals surface area contributed by atoms with E-state index >= 15 is 0 Å². The number of rotatable bonds is 5. The second-order valence-corrected chi connectivity index (χ2v) is 5.56. The first-order chi connectivity index (χ1) is 10.9. The molecule has 0 saturated carbocycles. The zero-order valence-corrected chi connectivity index (χ0v) is 13.7. The van der Waals surface area contributed by atoms with Crippen molar-refractivity contribution >= 4 is 23.2 Å². The molecule has 1 atom stereocenters. The van der Waals surface area contributed by atoms with Crippen LogP contribution in [0.1, 0.15) is 23.0 Å². The normalized spacial score (nSPS) is 11.7. The van der Waals surface area contributed by atoms with Gasteiger partial charge in [0, 0.05) is 25.5 Å². The number of benzene rings is 1. The third-order valence-electron chi connectivity index (χ3n) is 3.47. The molecule has 6 nitrogen and oxygen atoms in total. The van der Waals surface area contributed by atoms with Gasteiger partial charge in [-0.3, -0.25) is 9.59 Å². The summed E-state index contributed by atoms with van der Waals surface area (Å²) in [5.41, 5.74) is 2.73. The van der Waals surface area contributed by atoms with E-state index in [0.29, 0.717) is 0 Å². The lowest BCUT2D eigenvalue weighted by molar-refractivity contribution is -0.117. The van der Waals surface area contributed by atoms with E-state index in [2.05, 4.69) is 10.6 Å². The molecular formula is C17H21N3O3. The van der Waals surface area contributed by atoms with Crippen molar-refractivity contribution < 1.29 is 14.0 Å². The summed E-state index contributed by atoms with van der Waals surface area (Å²) in [6.45, 7) is 3.55. The van der Waals surface area contributed by atoms with Crippen LogP contribution in [0.25, 0.3) is 0 Å². The molecule has 1 aromatic heterocycles. The number of carbonyl (C=O) groups excluding carboxylic acids is 2. The van der Waals surface area contributed by atoms with Crippen LogP contribution in [0.2, 0.25) is 0 Å². The lowest BCUT2D eigenvalue weighted by Crippen LogP contribution is -2.41. The fourth-order valence-electron chi connectivity index (χ4n) is 2.05. The lowest BCUT2D eigenvalue weighted by Gasteiger charge is -2.17. The first-order valence-electron chi connectivity index (χ1n) is 7.31. The molecule has 0 aliphatic carbocycles. The van der Waals surface area contributed by atoms with Gasteiger partial charge in [0.15, 0.2) is 5.76 Å². The van der Waals surface area contributed by atoms with Crippen LogP contribution in [-0.4, -0.2) is 32.0 Å². The monoisotopic (exact) mass is 315 g/mol. The summed E-state index contributed by atoms with van der Waals surface area (Å²) in [6.07, 6.45) is 1.41. The summed E-state index contributed by atoms with van der Waals surface area (Å²) < 4.78 is 5.00. The quantitative estimate of drug-likeness (QED) is 0.888. The molecule has 6 heteroatoms. The molecule has 0 aliphatic heterocycles. The van der Waals surface area contributed by atoms with Gasteiger partial charge in [-0.1, -0.05) is 0 Å². The van der Waals surface area contributed by atoms with E-state index in [9.17, 15) is 9.59 Å². The first-order valence-corrected chi connectivity index (χ1v) is 7.31. The maximum absolute atomic E-state index is 12.2. The van der Waals surface area contributed by atoms with Crippen molar-refractivity contribution in [3.8, 4) is 0 Å². The van der Waals surface area contributed by atoms with Crippen LogP contribution in [0.4, 0.5) is 11.4 Å². The predicted octanol–water partition coefficient (Wildman–Crippen LogP) is 2.41. The molecule has 2 N–H and O–H groups in total. The Morgan fingerprint density at radius 3 is 2.52 bits per heavy atom. The number of hydrogen-bond acceptors (Lipinski definition) is 4. The van der Waals surface area contributed by atoms with Gasteiger partial charge in [-0.15, -0.1) is 0 Å².